The second-order valence-electron chi connectivity index (χ2n) is 7.99. The van der Waals surface area contributed by atoms with Gasteiger partial charge in [0, 0.05) is 0 Å². The van der Waals surface area contributed by atoms with Gasteiger partial charge in [0.1, 0.15) is 16.4 Å². The number of furan rings is 1. The Hall–Kier alpha value is -2.70. The lowest BCUT2D eigenvalue weighted by Gasteiger charge is -2.30. The Bertz CT molecular complexity index is 1180. The van der Waals surface area contributed by atoms with Crippen LogP contribution in [0.25, 0.3) is 0 Å². The highest BCUT2D eigenvalue weighted by Crippen LogP contribution is 2.35. The maximum Gasteiger partial charge on any atom is 0.269 e. The molecule has 0 fully saturated rings. The van der Waals surface area contributed by atoms with Crippen LogP contribution in [0.4, 0.5) is 5.69 Å². The van der Waals surface area contributed by atoms with E-state index >= 15 is 0 Å². The SMILES string of the molecule is CNS(=O)(=O)c1cccc(NC2=NS(=O)N=C2N[C@@H](c2ccc(C)o2)C(C)(C)C)c1O. The van der Waals surface area contributed by atoms with Crippen LogP contribution in [-0.2, 0) is 21.2 Å². The van der Waals surface area contributed by atoms with Gasteiger partial charge in [-0.05, 0) is 43.7 Å². The van der Waals surface area contributed by atoms with Crippen LogP contribution in [0.2, 0.25) is 0 Å². The number of sulfonamides is 1. The van der Waals surface area contributed by atoms with Crippen LogP contribution >= 0.6 is 0 Å². The van der Waals surface area contributed by atoms with E-state index in [1.165, 1.54) is 25.2 Å². The van der Waals surface area contributed by atoms with E-state index < -0.39 is 26.9 Å². The van der Waals surface area contributed by atoms with Crippen molar-refractivity contribution in [1.29, 1.82) is 0 Å². The van der Waals surface area contributed by atoms with E-state index in [-0.39, 0.29) is 33.7 Å². The number of phenols is 1. The van der Waals surface area contributed by atoms with Crippen LogP contribution in [-0.4, -0.2) is 36.5 Å². The number of hydrogen-bond donors (Lipinski definition) is 4. The van der Waals surface area contributed by atoms with Gasteiger partial charge in [0.25, 0.3) is 11.2 Å². The van der Waals surface area contributed by atoms with Gasteiger partial charge in [-0.1, -0.05) is 26.8 Å². The molecule has 4 N–H and O–H groups in total. The molecular formula is C19H25N5O5S2. The van der Waals surface area contributed by atoms with Crippen molar-refractivity contribution in [3.05, 3.63) is 41.9 Å². The fraction of sp³-hybridized carbons (Fsp3) is 0.368. The van der Waals surface area contributed by atoms with Crippen molar-refractivity contribution in [3.63, 3.8) is 0 Å². The summed E-state index contributed by atoms with van der Waals surface area (Å²) in [5, 5.41) is 16.5. The fourth-order valence-corrected chi connectivity index (χ4v) is 4.44. The van der Waals surface area contributed by atoms with Crippen molar-refractivity contribution < 1.29 is 22.2 Å². The fourth-order valence-electron chi connectivity index (χ4n) is 2.98. The van der Waals surface area contributed by atoms with Crippen LogP contribution in [0.5, 0.6) is 5.75 Å². The Morgan fingerprint density at radius 1 is 1.13 bits per heavy atom. The second-order valence-corrected chi connectivity index (χ2v) is 10.7. The molecule has 3 rings (SSSR count). The van der Waals surface area contributed by atoms with Crippen LogP contribution in [0.15, 0.2) is 48.4 Å². The number of nitrogens with one attached hydrogen (secondary N) is 3. The van der Waals surface area contributed by atoms with Crippen molar-refractivity contribution >= 4 is 38.6 Å². The third-order valence-corrected chi connectivity index (χ3v) is 6.69. The third kappa shape index (κ3) is 4.97. The third-order valence-electron chi connectivity index (χ3n) is 4.57. The molecule has 0 spiro atoms. The Morgan fingerprint density at radius 3 is 2.39 bits per heavy atom. The largest absolute Gasteiger partial charge is 0.504 e. The summed E-state index contributed by atoms with van der Waals surface area (Å²) in [5.41, 5.74) is -0.227. The molecule has 10 nitrogen and oxygen atoms in total. The Labute approximate surface area is 183 Å². The molecule has 0 radical (unpaired) electrons. The van der Waals surface area contributed by atoms with Crippen molar-refractivity contribution in [2.75, 3.05) is 12.4 Å². The number of anilines is 1. The van der Waals surface area contributed by atoms with Crippen molar-refractivity contribution in [2.24, 2.45) is 14.2 Å². The van der Waals surface area contributed by atoms with Crippen molar-refractivity contribution in [1.82, 2.24) is 10.0 Å². The zero-order chi connectivity index (χ0) is 23.0. The lowest BCUT2D eigenvalue weighted by Crippen LogP contribution is -2.41. The monoisotopic (exact) mass is 467 g/mol. The van der Waals surface area contributed by atoms with Crippen molar-refractivity contribution in [3.8, 4) is 5.75 Å². The molecule has 0 amide bonds. The van der Waals surface area contributed by atoms with Gasteiger partial charge in [-0.2, -0.15) is 0 Å². The second kappa shape index (κ2) is 8.44. The first kappa shape index (κ1) is 23.0. The predicted molar refractivity (Wildman–Crippen MR) is 120 cm³/mol. The van der Waals surface area contributed by atoms with Gasteiger partial charge in [-0.25, -0.2) is 17.3 Å². The summed E-state index contributed by atoms with van der Waals surface area (Å²) in [7, 11) is -2.63. The van der Waals surface area contributed by atoms with Gasteiger partial charge < -0.3 is 20.2 Å². The van der Waals surface area contributed by atoms with E-state index in [0.717, 1.165) is 5.76 Å². The molecule has 1 aliphatic heterocycles. The van der Waals surface area contributed by atoms with Gasteiger partial charge in [-0.15, -0.1) is 8.80 Å². The minimum absolute atomic E-state index is 0.0737. The molecule has 0 aliphatic carbocycles. The maximum atomic E-state index is 12.1. The lowest BCUT2D eigenvalue weighted by molar-refractivity contribution is 0.261. The number of phenolic OH excluding ortho intramolecular Hbond substituents is 1. The lowest BCUT2D eigenvalue weighted by atomic mass is 9.85. The number of amidine groups is 2. The quantitative estimate of drug-likeness (QED) is 0.494. The molecule has 1 unspecified atom stereocenters. The molecular weight excluding hydrogens is 442 g/mol. The summed E-state index contributed by atoms with van der Waals surface area (Å²) < 4.78 is 52.2. The highest BCUT2D eigenvalue weighted by molar-refractivity contribution is 7.89. The zero-order valence-corrected chi connectivity index (χ0v) is 19.4. The molecule has 1 aromatic carbocycles. The molecule has 0 saturated carbocycles. The van der Waals surface area contributed by atoms with Crippen LogP contribution < -0.4 is 15.4 Å². The molecule has 2 heterocycles. The number of rotatable bonds is 5. The van der Waals surface area contributed by atoms with Gasteiger partial charge in [0.05, 0.1) is 11.7 Å². The first-order valence-corrected chi connectivity index (χ1v) is 11.9. The Morgan fingerprint density at radius 2 is 1.81 bits per heavy atom. The normalized spacial score (nSPS) is 17.8. The summed E-state index contributed by atoms with van der Waals surface area (Å²) in [4.78, 5) is -0.301. The van der Waals surface area contributed by atoms with E-state index in [1.54, 1.807) is 0 Å². The highest BCUT2D eigenvalue weighted by Gasteiger charge is 2.33. The van der Waals surface area contributed by atoms with Crippen LogP contribution in [0.3, 0.4) is 0 Å². The summed E-state index contributed by atoms with van der Waals surface area (Å²) in [6, 6.07) is 7.58. The number of nitrogens with zero attached hydrogens (tertiary/aromatic N) is 2. The first-order chi connectivity index (χ1) is 14.4. The molecule has 0 bridgehead atoms. The zero-order valence-electron chi connectivity index (χ0n) is 17.8. The number of benzene rings is 1. The number of aromatic hydroxyl groups is 1. The minimum Gasteiger partial charge on any atom is -0.504 e. The summed E-state index contributed by atoms with van der Waals surface area (Å²) in [5.74, 6) is 1.24. The van der Waals surface area contributed by atoms with E-state index in [9.17, 15) is 17.7 Å². The number of hydrogen-bond acceptors (Lipinski definition) is 7. The minimum atomic E-state index is -3.88. The van der Waals surface area contributed by atoms with Gasteiger partial charge in [-0.3, -0.25) is 0 Å². The van der Waals surface area contributed by atoms with Crippen molar-refractivity contribution in [2.45, 2.75) is 38.6 Å². The molecule has 31 heavy (non-hydrogen) atoms. The molecule has 2 atom stereocenters. The molecule has 1 aliphatic rings. The standard InChI is InChI=1S/C19H25N5O5S2/c1-11-9-10-13(29-11)16(19(2,3)4)22-18-17(23-30(26)24-18)21-12-7-6-8-14(15(12)25)31(27,28)20-5/h6-10,16,20,25H,1-5H3,(H,21,23)(H,22,24)/t16-,30?/m0/s1. The topological polar surface area (TPSA) is 145 Å². The Balaban J connectivity index is 1.92. The molecule has 2 aromatic rings. The van der Waals surface area contributed by atoms with E-state index in [0.29, 0.717) is 5.76 Å². The first-order valence-electron chi connectivity index (χ1n) is 9.37. The average molecular weight is 468 g/mol. The van der Waals surface area contributed by atoms with E-state index in [1.807, 2.05) is 39.8 Å². The number of para-hydroxylation sites is 1. The summed E-state index contributed by atoms with van der Waals surface area (Å²) >= 11 is -1.87. The molecule has 168 valence electrons. The number of aryl methyl sites for hydroxylation is 1. The smallest absolute Gasteiger partial charge is 0.269 e. The molecule has 1 aromatic heterocycles. The van der Waals surface area contributed by atoms with E-state index in [2.05, 4.69) is 24.2 Å². The van der Waals surface area contributed by atoms with Gasteiger partial charge in [0.15, 0.2) is 17.4 Å². The van der Waals surface area contributed by atoms with Crippen LogP contribution in [0, 0.1) is 12.3 Å². The summed E-state index contributed by atoms with van der Waals surface area (Å²) in [6.07, 6.45) is 0. The Kier molecular flexibility index (Phi) is 6.25. The summed E-state index contributed by atoms with van der Waals surface area (Å²) in [6.45, 7) is 7.88. The molecule has 12 heteroatoms. The van der Waals surface area contributed by atoms with Crippen LogP contribution in [0.1, 0.15) is 38.3 Å². The maximum absolute atomic E-state index is 12.1. The van der Waals surface area contributed by atoms with Gasteiger partial charge in [0.2, 0.25) is 10.0 Å². The van der Waals surface area contributed by atoms with Gasteiger partial charge >= 0.3 is 0 Å². The van der Waals surface area contributed by atoms with E-state index in [4.69, 9.17) is 4.42 Å². The highest BCUT2D eigenvalue weighted by atomic mass is 32.2. The average Bonchev–Trinajstić information content (AvgIpc) is 3.25. The predicted octanol–water partition coefficient (Wildman–Crippen LogP) is 2.38. The molecule has 0 saturated heterocycles.